The Balaban J connectivity index is 1.60. The number of rotatable bonds is 4. The van der Waals surface area contributed by atoms with Crippen LogP contribution < -0.4 is 10.2 Å². The van der Waals surface area contributed by atoms with Crippen molar-refractivity contribution < 1.29 is 23.9 Å². The minimum absolute atomic E-state index is 0.0395. The van der Waals surface area contributed by atoms with Crippen molar-refractivity contribution in [3.8, 4) is 0 Å². The number of imide groups is 1. The molecule has 3 rings (SSSR count). The molecule has 2 saturated heterocycles. The summed E-state index contributed by atoms with van der Waals surface area (Å²) < 4.78 is 5.22. The van der Waals surface area contributed by atoms with Crippen LogP contribution in [0.15, 0.2) is 24.3 Å². The fourth-order valence-corrected chi connectivity index (χ4v) is 3.06. The molecular formula is C18H21N3O5. The molecule has 8 nitrogen and oxygen atoms in total. The zero-order chi connectivity index (χ0) is 18.8. The van der Waals surface area contributed by atoms with Gasteiger partial charge < -0.3 is 15.0 Å². The number of hydrogen-bond donors (Lipinski definition) is 1. The van der Waals surface area contributed by atoms with Gasteiger partial charge in [0, 0.05) is 31.7 Å². The zero-order valence-electron chi connectivity index (χ0n) is 14.7. The number of hydrogen-bond acceptors (Lipinski definition) is 5. The molecule has 0 aromatic heterocycles. The van der Waals surface area contributed by atoms with Crippen molar-refractivity contribution in [3.63, 3.8) is 0 Å². The Morgan fingerprint density at radius 2 is 1.92 bits per heavy atom. The first-order valence-electron chi connectivity index (χ1n) is 8.53. The number of nitrogens with zero attached hydrogens (tertiary/aromatic N) is 2. The molecule has 2 atom stereocenters. The highest BCUT2D eigenvalue weighted by molar-refractivity contribution is 6.01. The summed E-state index contributed by atoms with van der Waals surface area (Å²) in [5, 5.41) is 2.52. The molecule has 0 aliphatic carbocycles. The summed E-state index contributed by atoms with van der Waals surface area (Å²) in [6, 6.07) is 6.98. The van der Waals surface area contributed by atoms with Gasteiger partial charge in [0.1, 0.15) is 0 Å². The number of amides is 4. The van der Waals surface area contributed by atoms with Crippen molar-refractivity contribution in [1.29, 1.82) is 0 Å². The summed E-state index contributed by atoms with van der Waals surface area (Å²) in [6.45, 7) is 4.23. The van der Waals surface area contributed by atoms with E-state index >= 15 is 0 Å². The number of nitrogens with one attached hydrogen (secondary N) is 1. The molecule has 0 spiro atoms. The Kier molecular flexibility index (Phi) is 4.92. The molecule has 1 aromatic rings. The Bertz CT molecular complexity index is 746. The second-order valence-corrected chi connectivity index (χ2v) is 6.54. The molecule has 2 aliphatic rings. The lowest BCUT2D eigenvalue weighted by atomic mass is 10.1. The van der Waals surface area contributed by atoms with Gasteiger partial charge in [-0.15, -0.1) is 0 Å². The summed E-state index contributed by atoms with van der Waals surface area (Å²) in [6.07, 6.45) is -1.03. The fraction of sp³-hybridized carbons (Fsp3) is 0.444. The van der Waals surface area contributed by atoms with Gasteiger partial charge in [-0.1, -0.05) is 17.7 Å². The molecule has 2 aliphatic heterocycles. The average molecular weight is 359 g/mol. The maximum absolute atomic E-state index is 12.4. The smallest absolute Gasteiger partial charge is 0.324 e. The van der Waals surface area contributed by atoms with E-state index in [9.17, 15) is 19.2 Å². The zero-order valence-corrected chi connectivity index (χ0v) is 14.7. The summed E-state index contributed by atoms with van der Waals surface area (Å²) in [7, 11) is 0. The molecule has 2 heterocycles. The molecule has 8 heteroatoms. The fourth-order valence-electron chi connectivity index (χ4n) is 3.06. The van der Waals surface area contributed by atoms with Crippen LogP contribution in [0.4, 0.5) is 10.5 Å². The van der Waals surface area contributed by atoms with Crippen LogP contribution >= 0.6 is 0 Å². The molecule has 0 unspecified atom stereocenters. The van der Waals surface area contributed by atoms with Gasteiger partial charge >= 0.3 is 12.0 Å². The van der Waals surface area contributed by atoms with Crippen LogP contribution in [-0.2, 0) is 19.1 Å². The minimum atomic E-state index is -1.07. The molecule has 0 bridgehead atoms. The molecular weight excluding hydrogens is 338 g/mol. The predicted octanol–water partition coefficient (Wildman–Crippen LogP) is 0.831. The third-order valence-electron chi connectivity index (χ3n) is 4.57. The molecule has 4 amide bonds. The van der Waals surface area contributed by atoms with Gasteiger partial charge in [-0.3, -0.25) is 19.3 Å². The second kappa shape index (κ2) is 7.15. The van der Waals surface area contributed by atoms with Gasteiger partial charge in [-0.25, -0.2) is 4.79 Å². The van der Waals surface area contributed by atoms with Gasteiger partial charge in [-0.05, 0) is 26.0 Å². The summed E-state index contributed by atoms with van der Waals surface area (Å²) >= 11 is 0. The van der Waals surface area contributed by atoms with Gasteiger partial charge in [-0.2, -0.15) is 0 Å². The average Bonchev–Trinajstić information content (AvgIpc) is 3.20. The molecule has 1 N–H and O–H groups in total. The first kappa shape index (κ1) is 17.9. The Morgan fingerprint density at radius 3 is 2.54 bits per heavy atom. The highest BCUT2D eigenvalue weighted by Crippen LogP contribution is 2.26. The number of aryl methyl sites for hydroxylation is 1. The van der Waals surface area contributed by atoms with Crippen molar-refractivity contribution in [2.75, 3.05) is 24.5 Å². The molecule has 0 radical (unpaired) electrons. The van der Waals surface area contributed by atoms with Gasteiger partial charge in [0.05, 0.1) is 5.92 Å². The van der Waals surface area contributed by atoms with E-state index in [1.807, 2.05) is 31.2 Å². The monoisotopic (exact) mass is 359 g/mol. The van der Waals surface area contributed by atoms with E-state index in [-0.39, 0.29) is 25.4 Å². The molecule has 0 saturated carbocycles. The number of benzene rings is 1. The van der Waals surface area contributed by atoms with Crippen LogP contribution in [-0.4, -0.2) is 54.5 Å². The van der Waals surface area contributed by atoms with Crippen molar-refractivity contribution in [2.45, 2.75) is 26.4 Å². The second-order valence-electron chi connectivity index (χ2n) is 6.54. The maximum atomic E-state index is 12.4. The Hall–Kier alpha value is -2.90. The number of ether oxygens (including phenoxy) is 1. The van der Waals surface area contributed by atoms with Crippen molar-refractivity contribution in [1.82, 2.24) is 10.2 Å². The number of esters is 1. The number of urea groups is 1. The van der Waals surface area contributed by atoms with Crippen molar-refractivity contribution in [3.05, 3.63) is 29.8 Å². The van der Waals surface area contributed by atoms with E-state index in [0.717, 1.165) is 16.2 Å². The normalized spacial score (nSPS) is 20.9. The summed E-state index contributed by atoms with van der Waals surface area (Å²) in [5.74, 6) is -1.96. The van der Waals surface area contributed by atoms with E-state index in [1.165, 1.54) is 6.92 Å². The van der Waals surface area contributed by atoms with E-state index in [1.54, 1.807) is 4.90 Å². The number of carbonyl (C=O) groups is 4. The molecule has 1 aromatic carbocycles. The van der Waals surface area contributed by atoms with E-state index < -0.39 is 29.9 Å². The van der Waals surface area contributed by atoms with Crippen molar-refractivity contribution in [2.24, 2.45) is 5.92 Å². The SMILES string of the molecule is Cc1ccc(N2C[C@H](C(=O)O[C@H](C)C(=O)N3CCNC3=O)CC2=O)cc1. The third-order valence-corrected chi connectivity index (χ3v) is 4.57. The predicted molar refractivity (Wildman–Crippen MR) is 92.3 cm³/mol. The molecule has 2 fully saturated rings. The quantitative estimate of drug-likeness (QED) is 0.804. The lowest BCUT2D eigenvalue weighted by molar-refractivity contribution is -0.160. The van der Waals surface area contributed by atoms with Crippen LogP contribution in [0.5, 0.6) is 0 Å². The third kappa shape index (κ3) is 3.54. The lowest BCUT2D eigenvalue weighted by Crippen LogP contribution is -2.42. The van der Waals surface area contributed by atoms with Crippen molar-refractivity contribution >= 4 is 29.5 Å². The van der Waals surface area contributed by atoms with E-state index in [4.69, 9.17) is 4.74 Å². The maximum Gasteiger partial charge on any atom is 0.324 e. The van der Waals surface area contributed by atoms with Crippen LogP contribution in [0, 0.1) is 12.8 Å². The van der Waals surface area contributed by atoms with Crippen LogP contribution in [0.1, 0.15) is 18.9 Å². The number of anilines is 1. The molecule has 26 heavy (non-hydrogen) atoms. The van der Waals surface area contributed by atoms with Crippen LogP contribution in [0.3, 0.4) is 0 Å². The standard InChI is InChI=1S/C18H21N3O5/c1-11-3-5-14(6-4-11)21-10-13(9-15(21)22)17(24)26-12(2)16(23)20-8-7-19-18(20)25/h3-6,12-13H,7-10H2,1-2H3,(H,19,25)/t12-,13-/m1/s1. The van der Waals surface area contributed by atoms with E-state index in [2.05, 4.69) is 5.32 Å². The summed E-state index contributed by atoms with van der Waals surface area (Å²) in [5.41, 5.74) is 1.81. The molecule has 138 valence electrons. The largest absolute Gasteiger partial charge is 0.452 e. The van der Waals surface area contributed by atoms with Gasteiger partial charge in [0.15, 0.2) is 6.10 Å². The van der Waals surface area contributed by atoms with E-state index in [0.29, 0.717) is 6.54 Å². The minimum Gasteiger partial charge on any atom is -0.452 e. The highest BCUT2D eigenvalue weighted by Gasteiger charge is 2.38. The first-order chi connectivity index (χ1) is 12.4. The summed E-state index contributed by atoms with van der Waals surface area (Å²) in [4.78, 5) is 50.9. The van der Waals surface area contributed by atoms with Crippen LogP contribution in [0.2, 0.25) is 0 Å². The lowest BCUT2D eigenvalue weighted by Gasteiger charge is -2.20. The number of carbonyl (C=O) groups excluding carboxylic acids is 4. The van der Waals surface area contributed by atoms with Crippen LogP contribution in [0.25, 0.3) is 0 Å². The topological polar surface area (TPSA) is 96.0 Å². The Morgan fingerprint density at radius 1 is 1.23 bits per heavy atom. The van der Waals surface area contributed by atoms with Gasteiger partial charge in [0.25, 0.3) is 5.91 Å². The Labute approximate surface area is 151 Å². The highest BCUT2D eigenvalue weighted by atomic mass is 16.5. The van der Waals surface area contributed by atoms with Gasteiger partial charge in [0.2, 0.25) is 5.91 Å². The first-order valence-corrected chi connectivity index (χ1v) is 8.53.